The van der Waals surface area contributed by atoms with Gasteiger partial charge in [-0.2, -0.15) is 5.26 Å². The Labute approximate surface area is 101 Å². The summed E-state index contributed by atoms with van der Waals surface area (Å²) < 4.78 is 16.9. The van der Waals surface area contributed by atoms with Crippen molar-refractivity contribution in [2.75, 3.05) is 0 Å². The molecule has 0 amide bonds. The predicted octanol–water partition coefficient (Wildman–Crippen LogP) is 3.06. The molecule has 4 nitrogen and oxygen atoms in total. The van der Waals surface area contributed by atoms with E-state index in [0.717, 1.165) is 0 Å². The lowest BCUT2D eigenvalue weighted by molar-refractivity contribution is 0.185. The Balaban J connectivity index is 2.83. The lowest BCUT2D eigenvalue weighted by Gasteiger charge is -2.17. The topological polar surface area (TPSA) is 70.3 Å². The van der Waals surface area contributed by atoms with Crippen LogP contribution in [0.3, 0.4) is 0 Å². The summed E-state index contributed by atoms with van der Waals surface area (Å²) >= 11 is 0. The molecule has 0 aromatic heterocycles. The number of nitrogens with zero attached hydrogens (tertiary/aromatic N) is 1. The zero-order chi connectivity index (χ0) is 12.9. The lowest BCUT2D eigenvalue weighted by Crippen LogP contribution is -2.06. The zero-order valence-corrected chi connectivity index (χ0v) is 10.9. The van der Waals surface area contributed by atoms with E-state index in [2.05, 4.69) is 0 Å². The molecule has 0 heterocycles. The molecule has 5 heteroatoms. The van der Waals surface area contributed by atoms with Gasteiger partial charge in [-0.15, -0.1) is 0 Å². The summed E-state index contributed by atoms with van der Waals surface area (Å²) in [4.78, 5) is 9.71. The Morgan fingerprint density at radius 1 is 1.53 bits per heavy atom. The maximum atomic E-state index is 11.8. The smallest absolute Gasteiger partial charge is 0.324 e. The number of hydrogen-bond donors (Lipinski definition) is 1. The molecular formula is C12H16NO3P. The monoisotopic (exact) mass is 253 g/mol. The maximum absolute atomic E-state index is 11.8. The molecular weight excluding hydrogens is 237 g/mol. The highest BCUT2D eigenvalue weighted by molar-refractivity contribution is 7.52. The lowest BCUT2D eigenvalue weighted by atomic mass is 10.1. The fourth-order valence-corrected chi connectivity index (χ4v) is 2.87. The normalized spacial score (nSPS) is 15.9. The van der Waals surface area contributed by atoms with Gasteiger partial charge in [0.1, 0.15) is 0 Å². The highest BCUT2D eigenvalue weighted by Gasteiger charge is 2.23. The van der Waals surface area contributed by atoms with Gasteiger partial charge >= 0.3 is 7.60 Å². The summed E-state index contributed by atoms with van der Waals surface area (Å²) in [7, 11) is -3.68. The molecule has 92 valence electrons. The Morgan fingerprint density at radius 2 is 2.18 bits per heavy atom. The Kier molecular flexibility index (Phi) is 4.89. The highest BCUT2D eigenvalue weighted by atomic mass is 31.2. The number of nitriles is 1. The van der Waals surface area contributed by atoms with E-state index in [1.807, 2.05) is 13.0 Å². The molecule has 0 aliphatic heterocycles. The van der Waals surface area contributed by atoms with E-state index in [0.29, 0.717) is 17.5 Å². The van der Waals surface area contributed by atoms with Crippen LogP contribution in [0.1, 0.15) is 31.4 Å². The molecule has 1 aromatic rings. The molecule has 0 aliphatic rings. The van der Waals surface area contributed by atoms with Crippen LogP contribution in [-0.2, 0) is 15.3 Å². The molecule has 0 spiro atoms. The summed E-state index contributed by atoms with van der Waals surface area (Å²) in [5, 5.41) is 8.88. The van der Waals surface area contributed by atoms with Gasteiger partial charge in [-0.05, 0) is 25.0 Å². The van der Waals surface area contributed by atoms with Gasteiger partial charge in [0.15, 0.2) is 0 Å². The van der Waals surface area contributed by atoms with Gasteiger partial charge in [-0.1, -0.05) is 25.1 Å². The van der Waals surface area contributed by atoms with Crippen molar-refractivity contribution >= 4 is 7.60 Å². The minimum Gasteiger partial charge on any atom is -0.324 e. The number of hydrogen-bond acceptors (Lipinski definition) is 3. The van der Waals surface area contributed by atoms with Crippen LogP contribution in [0.5, 0.6) is 0 Å². The Hall–Kier alpha value is -1.14. The fraction of sp³-hybridized carbons (Fsp3) is 0.417. The minimum absolute atomic E-state index is 0.124. The fourth-order valence-electron chi connectivity index (χ4n) is 1.38. The van der Waals surface area contributed by atoms with Crippen molar-refractivity contribution in [1.29, 1.82) is 5.26 Å². The Bertz CT molecular complexity index is 467. The van der Waals surface area contributed by atoms with E-state index in [9.17, 15) is 9.46 Å². The number of benzene rings is 1. The average Bonchev–Trinajstić information content (AvgIpc) is 2.28. The van der Waals surface area contributed by atoms with E-state index in [1.165, 1.54) is 0 Å². The van der Waals surface area contributed by atoms with Crippen LogP contribution < -0.4 is 0 Å². The third kappa shape index (κ3) is 4.32. The van der Waals surface area contributed by atoms with Gasteiger partial charge in [0.2, 0.25) is 0 Å². The molecule has 0 saturated carbocycles. The zero-order valence-electron chi connectivity index (χ0n) is 9.96. The van der Waals surface area contributed by atoms with Crippen molar-refractivity contribution in [3.63, 3.8) is 0 Å². The number of rotatable bonds is 5. The van der Waals surface area contributed by atoms with E-state index in [1.54, 1.807) is 31.2 Å². The van der Waals surface area contributed by atoms with Crippen molar-refractivity contribution in [1.82, 2.24) is 0 Å². The van der Waals surface area contributed by atoms with E-state index < -0.39 is 7.60 Å². The van der Waals surface area contributed by atoms with Gasteiger partial charge in [0.25, 0.3) is 0 Å². The van der Waals surface area contributed by atoms with Gasteiger partial charge in [-0.25, -0.2) is 0 Å². The van der Waals surface area contributed by atoms with E-state index in [-0.39, 0.29) is 12.3 Å². The van der Waals surface area contributed by atoms with Crippen molar-refractivity contribution in [3.05, 3.63) is 35.4 Å². The molecule has 0 saturated heterocycles. The molecule has 0 bridgehead atoms. The first-order valence-electron chi connectivity index (χ1n) is 5.46. The summed E-state index contributed by atoms with van der Waals surface area (Å²) in [5.74, 6) is 0. The SMILES string of the molecule is CCC(C)OP(=O)(O)Cc1ccccc1C#N. The minimum atomic E-state index is -3.68. The van der Waals surface area contributed by atoms with Gasteiger partial charge < -0.3 is 9.42 Å². The largest absolute Gasteiger partial charge is 0.332 e. The van der Waals surface area contributed by atoms with E-state index >= 15 is 0 Å². The first kappa shape index (κ1) is 13.9. The van der Waals surface area contributed by atoms with E-state index in [4.69, 9.17) is 9.79 Å². The third-order valence-corrected chi connectivity index (χ3v) is 3.86. The molecule has 2 atom stereocenters. The second kappa shape index (κ2) is 5.97. The summed E-state index contributed by atoms with van der Waals surface area (Å²) in [6, 6.07) is 8.75. The average molecular weight is 253 g/mol. The summed E-state index contributed by atoms with van der Waals surface area (Å²) in [6.45, 7) is 3.63. The highest BCUT2D eigenvalue weighted by Crippen LogP contribution is 2.47. The molecule has 0 radical (unpaired) electrons. The first-order valence-corrected chi connectivity index (χ1v) is 7.23. The van der Waals surface area contributed by atoms with Crippen LogP contribution in [-0.4, -0.2) is 11.0 Å². The molecule has 1 rings (SSSR count). The second-order valence-electron chi connectivity index (χ2n) is 3.89. The summed E-state index contributed by atoms with van der Waals surface area (Å²) in [6.07, 6.45) is 0.283. The van der Waals surface area contributed by atoms with Crippen molar-refractivity contribution < 1.29 is 14.0 Å². The first-order chi connectivity index (χ1) is 7.98. The van der Waals surface area contributed by atoms with Crippen LogP contribution in [0.4, 0.5) is 0 Å². The summed E-state index contributed by atoms with van der Waals surface area (Å²) in [5.41, 5.74) is 0.957. The molecule has 0 aliphatic carbocycles. The second-order valence-corrected chi connectivity index (χ2v) is 5.69. The molecule has 1 aromatic carbocycles. The Morgan fingerprint density at radius 3 is 2.76 bits per heavy atom. The standard InChI is InChI=1S/C12H16NO3P/c1-3-10(2)16-17(14,15)9-12-7-5-4-6-11(12)8-13/h4-7,10H,3,9H2,1-2H3,(H,14,15). The molecule has 1 N–H and O–H groups in total. The molecule has 2 unspecified atom stereocenters. The van der Waals surface area contributed by atoms with Crippen molar-refractivity contribution in [3.8, 4) is 6.07 Å². The molecule has 0 fully saturated rings. The third-order valence-electron chi connectivity index (χ3n) is 2.43. The maximum Gasteiger partial charge on any atom is 0.332 e. The van der Waals surface area contributed by atoms with Crippen LogP contribution in [0.2, 0.25) is 0 Å². The van der Waals surface area contributed by atoms with Gasteiger partial charge in [-0.3, -0.25) is 4.57 Å². The van der Waals surface area contributed by atoms with Crippen LogP contribution in [0.15, 0.2) is 24.3 Å². The molecule has 17 heavy (non-hydrogen) atoms. The quantitative estimate of drug-likeness (QED) is 0.818. The van der Waals surface area contributed by atoms with Crippen LogP contribution >= 0.6 is 7.60 Å². The van der Waals surface area contributed by atoms with Gasteiger partial charge in [0, 0.05) is 0 Å². The van der Waals surface area contributed by atoms with Crippen molar-refractivity contribution in [2.24, 2.45) is 0 Å². The van der Waals surface area contributed by atoms with Crippen LogP contribution in [0, 0.1) is 11.3 Å². The van der Waals surface area contributed by atoms with Gasteiger partial charge in [0.05, 0.1) is 23.9 Å². The van der Waals surface area contributed by atoms with Crippen LogP contribution in [0.25, 0.3) is 0 Å². The van der Waals surface area contributed by atoms with Crippen molar-refractivity contribution in [2.45, 2.75) is 32.5 Å². The predicted molar refractivity (Wildman–Crippen MR) is 65.5 cm³/mol.